The number of carbonyl (C=O) groups excluding carboxylic acids is 1. The Morgan fingerprint density at radius 1 is 1.22 bits per heavy atom. The lowest BCUT2D eigenvalue weighted by atomic mass is 10.2. The average Bonchev–Trinajstić information content (AvgIpc) is 2.38. The standard InChI is InChI=1S/C13H10BrFN2O/c14-12-3-1-2-11(17-12)13(18)16-8-9-4-6-10(15)7-5-9/h1-7H,8H2,(H,16,18). The van der Waals surface area contributed by atoms with Gasteiger partial charge >= 0.3 is 0 Å². The van der Waals surface area contributed by atoms with Gasteiger partial charge in [-0.05, 0) is 45.8 Å². The zero-order valence-electron chi connectivity index (χ0n) is 9.36. The summed E-state index contributed by atoms with van der Waals surface area (Å²) in [4.78, 5) is 15.8. The molecule has 0 spiro atoms. The van der Waals surface area contributed by atoms with Gasteiger partial charge in [0.05, 0.1) is 0 Å². The van der Waals surface area contributed by atoms with Crippen molar-refractivity contribution in [2.45, 2.75) is 6.54 Å². The van der Waals surface area contributed by atoms with Gasteiger partial charge in [-0.15, -0.1) is 0 Å². The van der Waals surface area contributed by atoms with Crippen LogP contribution in [0, 0.1) is 5.82 Å². The molecular weight excluding hydrogens is 299 g/mol. The predicted molar refractivity (Wildman–Crippen MR) is 69.5 cm³/mol. The van der Waals surface area contributed by atoms with Crippen LogP contribution in [0.15, 0.2) is 47.1 Å². The lowest BCUT2D eigenvalue weighted by molar-refractivity contribution is 0.0946. The second-order valence-electron chi connectivity index (χ2n) is 3.65. The van der Waals surface area contributed by atoms with Crippen LogP contribution in [-0.2, 0) is 6.54 Å². The van der Waals surface area contributed by atoms with Gasteiger partial charge in [0.15, 0.2) is 0 Å². The maximum Gasteiger partial charge on any atom is 0.270 e. The maximum absolute atomic E-state index is 12.7. The highest BCUT2D eigenvalue weighted by Gasteiger charge is 2.06. The number of aromatic nitrogens is 1. The number of nitrogens with one attached hydrogen (secondary N) is 1. The Kier molecular flexibility index (Phi) is 4.04. The van der Waals surface area contributed by atoms with Gasteiger partial charge in [0.25, 0.3) is 5.91 Å². The van der Waals surface area contributed by atoms with Crippen LogP contribution in [0.4, 0.5) is 4.39 Å². The Labute approximate surface area is 112 Å². The summed E-state index contributed by atoms with van der Waals surface area (Å²) in [7, 11) is 0. The molecule has 1 aromatic carbocycles. The minimum atomic E-state index is -0.293. The number of pyridine rings is 1. The van der Waals surface area contributed by atoms with Gasteiger partial charge in [0.1, 0.15) is 16.1 Å². The minimum absolute atomic E-state index is 0.263. The van der Waals surface area contributed by atoms with Crippen molar-refractivity contribution in [2.24, 2.45) is 0 Å². The molecule has 0 unspecified atom stereocenters. The maximum atomic E-state index is 12.7. The third kappa shape index (κ3) is 3.37. The van der Waals surface area contributed by atoms with Gasteiger partial charge in [0.2, 0.25) is 0 Å². The molecule has 1 N–H and O–H groups in total. The van der Waals surface area contributed by atoms with Gasteiger partial charge in [-0.2, -0.15) is 0 Å². The van der Waals surface area contributed by atoms with E-state index in [1.165, 1.54) is 12.1 Å². The lowest BCUT2D eigenvalue weighted by Gasteiger charge is -2.05. The van der Waals surface area contributed by atoms with Crippen LogP contribution >= 0.6 is 15.9 Å². The van der Waals surface area contributed by atoms with E-state index in [1.54, 1.807) is 30.3 Å². The number of amides is 1. The highest BCUT2D eigenvalue weighted by molar-refractivity contribution is 9.10. The number of rotatable bonds is 3. The molecule has 18 heavy (non-hydrogen) atoms. The molecule has 1 amide bonds. The van der Waals surface area contributed by atoms with Crippen molar-refractivity contribution in [1.82, 2.24) is 10.3 Å². The van der Waals surface area contributed by atoms with E-state index >= 15 is 0 Å². The summed E-state index contributed by atoms with van der Waals surface area (Å²) in [6.07, 6.45) is 0. The number of carbonyl (C=O) groups is 1. The molecule has 0 radical (unpaired) electrons. The van der Waals surface area contributed by atoms with E-state index in [0.29, 0.717) is 16.8 Å². The molecule has 0 fully saturated rings. The lowest BCUT2D eigenvalue weighted by Crippen LogP contribution is -2.23. The molecule has 2 aromatic rings. The first kappa shape index (κ1) is 12.7. The number of hydrogen-bond acceptors (Lipinski definition) is 2. The van der Waals surface area contributed by atoms with Crippen molar-refractivity contribution in [2.75, 3.05) is 0 Å². The quantitative estimate of drug-likeness (QED) is 0.886. The van der Waals surface area contributed by atoms with Crippen LogP contribution in [0.3, 0.4) is 0 Å². The van der Waals surface area contributed by atoms with Gasteiger partial charge in [-0.3, -0.25) is 4.79 Å². The molecule has 0 aliphatic carbocycles. The van der Waals surface area contributed by atoms with Crippen LogP contribution in [0.1, 0.15) is 16.1 Å². The molecule has 0 atom stereocenters. The van der Waals surface area contributed by atoms with E-state index in [1.807, 2.05) is 0 Å². The SMILES string of the molecule is O=C(NCc1ccc(F)cc1)c1cccc(Br)n1. The second kappa shape index (κ2) is 5.73. The average molecular weight is 309 g/mol. The molecule has 0 aliphatic rings. The van der Waals surface area contributed by atoms with E-state index in [0.717, 1.165) is 5.56 Å². The number of nitrogens with zero attached hydrogens (tertiary/aromatic N) is 1. The van der Waals surface area contributed by atoms with Crippen LogP contribution in [0.5, 0.6) is 0 Å². The summed E-state index contributed by atoms with van der Waals surface area (Å²) in [5.41, 5.74) is 1.17. The molecule has 2 rings (SSSR count). The van der Waals surface area contributed by atoms with Crippen molar-refractivity contribution in [1.29, 1.82) is 0 Å². The van der Waals surface area contributed by atoms with Crippen molar-refractivity contribution >= 4 is 21.8 Å². The normalized spacial score (nSPS) is 10.1. The fourth-order valence-electron chi connectivity index (χ4n) is 1.41. The van der Waals surface area contributed by atoms with Crippen molar-refractivity contribution in [3.05, 3.63) is 64.1 Å². The molecule has 3 nitrogen and oxygen atoms in total. The highest BCUT2D eigenvalue weighted by atomic mass is 79.9. The minimum Gasteiger partial charge on any atom is -0.347 e. The summed E-state index contributed by atoms with van der Waals surface area (Å²) in [6, 6.07) is 11.1. The van der Waals surface area contributed by atoms with E-state index in [4.69, 9.17) is 0 Å². The van der Waals surface area contributed by atoms with E-state index in [9.17, 15) is 9.18 Å². The van der Waals surface area contributed by atoms with Crippen molar-refractivity contribution in [3.63, 3.8) is 0 Å². The Balaban J connectivity index is 1.98. The zero-order chi connectivity index (χ0) is 13.0. The summed E-state index contributed by atoms with van der Waals surface area (Å²) < 4.78 is 13.3. The molecule has 1 aromatic heterocycles. The molecule has 0 saturated carbocycles. The van der Waals surface area contributed by atoms with Crippen LogP contribution in [0.25, 0.3) is 0 Å². The molecule has 0 saturated heterocycles. The Bertz CT molecular complexity index is 557. The summed E-state index contributed by atoms with van der Waals surface area (Å²) in [5.74, 6) is -0.556. The zero-order valence-corrected chi connectivity index (χ0v) is 10.9. The van der Waals surface area contributed by atoms with E-state index in [2.05, 4.69) is 26.2 Å². The molecular formula is C13H10BrFN2O. The summed E-state index contributed by atoms with van der Waals surface area (Å²) in [5, 5.41) is 2.72. The molecule has 5 heteroatoms. The third-order valence-electron chi connectivity index (χ3n) is 2.31. The predicted octanol–water partition coefficient (Wildman–Crippen LogP) is 2.91. The molecule has 0 bridgehead atoms. The molecule has 1 heterocycles. The smallest absolute Gasteiger partial charge is 0.270 e. The third-order valence-corrected chi connectivity index (χ3v) is 2.76. The van der Waals surface area contributed by atoms with E-state index < -0.39 is 0 Å². The first-order chi connectivity index (χ1) is 8.65. The topological polar surface area (TPSA) is 42.0 Å². The van der Waals surface area contributed by atoms with Gasteiger partial charge in [-0.25, -0.2) is 9.37 Å². The fraction of sp³-hybridized carbons (Fsp3) is 0.0769. The number of benzene rings is 1. The molecule has 92 valence electrons. The largest absolute Gasteiger partial charge is 0.347 e. The van der Waals surface area contributed by atoms with Gasteiger partial charge < -0.3 is 5.32 Å². The van der Waals surface area contributed by atoms with Crippen LogP contribution in [0.2, 0.25) is 0 Å². The van der Waals surface area contributed by atoms with Crippen LogP contribution < -0.4 is 5.32 Å². The van der Waals surface area contributed by atoms with Crippen LogP contribution in [-0.4, -0.2) is 10.9 Å². The Morgan fingerprint density at radius 3 is 2.61 bits per heavy atom. The summed E-state index contributed by atoms with van der Waals surface area (Å²) in [6.45, 7) is 0.341. The monoisotopic (exact) mass is 308 g/mol. The first-order valence-electron chi connectivity index (χ1n) is 5.30. The van der Waals surface area contributed by atoms with Gasteiger partial charge in [-0.1, -0.05) is 18.2 Å². The first-order valence-corrected chi connectivity index (χ1v) is 6.09. The van der Waals surface area contributed by atoms with Gasteiger partial charge in [0, 0.05) is 6.54 Å². The highest BCUT2D eigenvalue weighted by Crippen LogP contribution is 2.07. The Morgan fingerprint density at radius 2 is 1.94 bits per heavy atom. The Hall–Kier alpha value is -1.75. The van der Waals surface area contributed by atoms with E-state index in [-0.39, 0.29) is 11.7 Å². The molecule has 0 aliphatic heterocycles. The number of hydrogen-bond donors (Lipinski definition) is 1. The second-order valence-corrected chi connectivity index (χ2v) is 4.47. The summed E-state index contributed by atoms with van der Waals surface area (Å²) >= 11 is 3.20. The fourth-order valence-corrected chi connectivity index (χ4v) is 1.75. The number of halogens is 2. The van der Waals surface area contributed by atoms with Crippen molar-refractivity contribution < 1.29 is 9.18 Å². The van der Waals surface area contributed by atoms with Crippen molar-refractivity contribution in [3.8, 4) is 0 Å².